The predicted molar refractivity (Wildman–Crippen MR) is 91.8 cm³/mol. The molecule has 3 rings (SSSR count). The fraction of sp³-hybridized carbons (Fsp3) is 0.706. The first-order valence-electron chi connectivity index (χ1n) is 8.20. The second-order valence-electron chi connectivity index (χ2n) is 6.54. The molecule has 1 aromatic heterocycles. The maximum atomic E-state index is 5.33. The molecule has 0 spiro atoms. The van der Waals surface area contributed by atoms with Gasteiger partial charge >= 0.3 is 0 Å². The Kier molecular flexibility index (Phi) is 6.48. The van der Waals surface area contributed by atoms with Crippen LogP contribution >= 0.6 is 12.4 Å². The number of likely N-dealkylation sites (tertiary alicyclic amines) is 1. The van der Waals surface area contributed by atoms with E-state index in [-0.39, 0.29) is 12.4 Å². The minimum atomic E-state index is 0. The van der Waals surface area contributed by atoms with Crippen LogP contribution in [0.15, 0.2) is 12.1 Å². The summed E-state index contributed by atoms with van der Waals surface area (Å²) in [6.45, 7) is 6.54. The van der Waals surface area contributed by atoms with E-state index in [1.54, 1.807) is 7.11 Å². The topological polar surface area (TPSA) is 37.4 Å². The van der Waals surface area contributed by atoms with Gasteiger partial charge in [-0.05, 0) is 45.1 Å². The zero-order chi connectivity index (χ0) is 14.7. The largest absolute Gasteiger partial charge is 0.497 e. The van der Waals surface area contributed by atoms with Gasteiger partial charge in [-0.15, -0.1) is 12.4 Å². The van der Waals surface area contributed by atoms with Crippen LogP contribution in [-0.2, 0) is 6.54 Å². The molecule has 1 saturated heterocycles. The summed E-state index contributed by atoms with van der Waals surface area (Å²) in [5.74, 6) is 1.89. The minimum absolute atomic E-state index is 0. The molecule has 0 unspecified atom stereocenters. The van der Waals surface area contributed by atoms with Crippen LogP contribution < -0.4 is 10.1 Å². The molecule has 0 radical (unpaired) electrons. The van der Waals surface area contributed by atoms with Crippen LogP contribution in [-0.4, -0.2) is 42.7 Å². The molecule has 2 aliphatic rings. The lowest BCUT2D eigenvalue weighted by molar-refractivity contribution is 0.188. The molecule has 0 bridgehead atoms. The Morgan fingerprint density at radius 1 is 1.23 bits per heavy atom. The number of rotatable bonds is 6. The molecule has 22 heavy (non-hydrogen) atoms. The van der Waals surface area contributed by atoms with Crippen molar-refractivity contribution >= 4 is 12.4 Å². The highest BCUT2D eigenvalue weighted by Gasteiger charge is 2.24. The zero-order valence-corrected chi connectivity index (χ0v) is 14.5. The number of aryl methyl sites for hydroxylation is 1. The van der Waals surface area contributed by atoms with Crippen molar-refractivity contribution in [2.45, 2.75) is 45.2 Å². The van der Waals surface area contributed by atoms with E-state index in [4.69, 9.17) is 4.74 Å². The number of pyridine rings is 1. The Morgan fingerprint density at radius 3 is 2.59 bits per heavy atom. The molecule has 1 N–H and O–H groups in total. The number of nitrogens with one attached hydrogen (secondary N) is 1. The van der Waals surface area contributed by atoms with Gasteiger partial charge in [0.25, 0.3) is 0 Å². The number of ether oxygens (including phenoxy) is 1. The van der Waals surface area contributed by atoms with Crippen molar-refractivity contribution in [3.63, 3.8) is 0 Å². The number of hydrogen-bond donors (Lipinski definition) is 1. The molecule has 2 fully saturated rings. The molecule has 1 saturated carbocycles. The Bertz CT molecular complexity index is 471. The van der Waals surface area contributed by atoms with Crippen molar-refractivity contribution in [1.29, 1.82) is 0 Å². The van der Waals surface area contributed by atoms with E-state index in [1.807, 2.05) is 13.0 Å². The molecule has 4 nitrogen and oxygen atoms in total. The SMILES string of the molecule is COc1cc(C)nc(CN2CCC(NCC3CC3)CC2)c1.Cl. The second-order valence-corrected chi connectivity index (χ2v) is 6.54. The van der Waals surface area contributed by atoms with Crippen molar-refractivity contribution < 1.29 is 4.74 Å². The first-order valence-corrected chi connectivity index (χ1v) is 8.20. The Hall–Kier alpha value is -0.840. The van der Waals surface area contributed by atoms with Gasteiger partial charge in [0.05, 0.1) is 12.8 Å². The molecule has 0 atom stereocenters. The molecule has 1 aliphatic heterocycles. The molecule has 1 aliphatic carbocycles. The number of piperidine rings is 1. The van der Waals surface area contributed by atoms with Gasteiger partial charge in [-0.3, -0.25) is 9.88 Å². The smallest absolute Gasteiger partial charge is 0.122 e. The third-order valence-electron chi connectivity index (χ3n) is 4.58. The molecule has 5 heteroatoms. The van der Waals surface area contributed by atoms with Crippen LogP contribution in [0, 0.1) is 12.8 Å². The fourth-order valence-corrected chi connectivity index (χ4v) is 3.08. The Labute approximate surface area is 140 Å². The van der Waals surface area contributed by atoms with Crippen molar-refractivity contribution in [1.82, 2.24) is 15.2 Å². The van der Waals surface area contributed by atoms with Gasteiger partial charge in [0, 0.05) is 43.5 Å². The van der Waals surface area contributed by atoms with Gasteiger partial charge in [-0.25, -0.2) is 0 Å². The van der Waals surface area contributed by atoms with E-state index in [1.165, 1.54) is 45.3 Å². The fourth-order valence-electron chi connectivity index (χ4n) is 3.08. The van der Waals surface area contributed by atoms with E-state index < -0.39 is 0 Å². The number of hydrogen-bond acceptors (Lipinski definition) is 4. The summed E-state index contributed by atoms with van der Waals surface area (Å²) in [7, 11) is 1.72. The van der Waals surface area contributed by atoms with Crippen LogP contribution in [0.3, 0.4) is 0 Å². The lowest BCUT2D eigenvalue weighted by atomic mass is 10.0. The molecule has 2 heterocycles. The highest BCUT2D eigenvalue weighted by Crippen LogP contribution is 2.28. The summed E-state index contributed by atoms with van der Waals surface area (Å²) < 4.78 is 5.33. The molecular formula is C17H28ClN3O. The van der Waals surface area contributed by atoms with Crippen molar-refractivity contribution in [2.75, 3.05) is 26.7 Å². The summed E-state index contributed by atoms with van der Waals surface area (Å²) in [6, 6.07) is 4.77. The van der Waals surface area contributed by atoms with E-state index >= 15 is 0 Å². The maximum absolute atomic E-state index is 5.33. The van der Waals surface area contributed by atoms with Crippen molar-refractivity contribution in [2.24, 2.45) is 5.92 Å². The molecule has 0 aromatic carbocycles. The Balaban J connectivity index is 0.00000176. The summed E-state index contributed by atoms with van der Waals surface area (Å²) in [6.07, 6.45) is 5.39. The maximum Gasteiger partial charge on any atom is 0.122 e. The zero-order valence-electron chi connectivity index (χ0n) is 13.7. The number of halogens is 1. The standard InChI is InChI=1S/C17H27N3O.ClH/c1-13-9-17(21-2)10-16(19-13)12-20-7-5-15(6-8-20)18-11-14-3-4-14;/h9-10,14-15,18H,3-8,11-12H2,1-2H3;1H. The van der Waals surface area contributed by atoms with Gasteiger partial charge in [0.2, 0.25) is 0 Å². The van der Waals surface area contributed by atoms with Crippen LogP contribution in [0.4, 0.5) is 0 Å². The van der Waals surface area contributed by atoms with E-state index in [2.05, 4.69) is 21.3 Å². The van der Waals surface area contributed by atoms with E-state index in [0.29, 0.717) is 0 Å². The van der Waals surface area contributed by atoms with Crippen LogP contribution in [0.2, 0.25) is 0 Å². The lowest BCUT2D eigenvalue weighted by Gasteiger charge is -2.32. The molecule has 124 valence electrons. The quantitative estimate of drug-likeness (QED) is 0.872. The van der Waals surface area contributed by atoms with E-state index in [0.717, 1.165) is 35.6 Å². The minimum Gasteiger partial charge on any atom is -0.497 e. The number of nitrogens with zero attached hydrogens (tertiary/aromatic N) is 2. The van der Waals surface area contributed by atoms with Crippen molar-refractivity contribution in [3.05, 3.63) is 23.5 Å². The second kappa shape index (κ2) is 8.14. The van der Waals surface area contributed by atoms with Crippen molar-refractivity contribution in [3.8, 4) is 5.75 Å². The molecule has 1 aromatic rings. The highest BCUT2D eigenvalue weighted by molar-refractivity contribution is 5.85. The first kappa shape index (κ1) is 17.5. The first-order chi connectivity index (χ1) is 10.2. The average molecular weight is 326 g/mol. The van der Waals surface area contributed by atoms with Gasteiger partial charge in [-0.2, -0.15) is 0 Å². The third-order valence-corrected chi connectivity index (χ3v) is 4.58. The highest BCUT2D eigenvalue weighted by atomic mass is 35.5. The molecular weight excluding hydrogens is 298 g/mol. The lowest BCUT2D eigenvalue weighted by Crippen LogP contribution is -2.42. The number of aromatic nitrogens is 1. The molecule has 0 amide bonds. The number of methoxy groups -OCH3 is 1. The van der Waals surface area contributed by atoms with E-state index in [9.17, 15) is 0 Å². The van der Waals surface area contributed by atoms with Gasteiger partial charge in [0.1, 0.15) is 5.75 Å². The average Bonchev–Trinajstić information content (AvgIpc) is 3.30. The van der Waals surface area contributed by atoms with Crippen LogP contribution in [0.5, 0.6) is 5.75 Å². The summed E-state index contributed by atoms with van der Waals surface area (Å²) in [4.78, 5) is 7.14. The van der Waals surface area contributed by atoms with Gasteiger partial charge < -0.3 is 10.1 Å². The monoisotopic (exact) mass is 325 g/mol. The summed E-state index contributed by atoms with van der Waals surface area (Å²) in [5.41, 5.74) is 2.15. The van der Waals surface area contributed by atoms with Gasteiger partial charge in [-0.1, -0.05) is 0 Å². The Morgan fingerprint density at radius 2 is 1.95 bits per heavy atom. The predicted octanol–water partition coefficient (Wildman–Crippen LogP) is 2.78. The summed E-state index contributed by atoms with van der Waals surface area (Å²) in [5, 5.41) is 3.73. The third kappa shape index (κ3) is 5.11. The van der Waals surface area contributed by atoms with Gasteiger partial charge in [0.15, 0.2) is 0 Å². The normalized spacial score (nSPS) is 19.7. The summed E-state index contributed by atoms with van der Waals surface area (Å²) >= 11 is 0. The van der Waals surface area contributed by atoms with Crippen LogP contribution in [0.25, 0.3) is 0 Å². The van der Waals surface area contributed by atoms with Crippen LogP contribution in [0.1, 0.15) is 37.1 Å².